The smallest absolute Gasteiger partial charge is 0.293 e. The summed E-state index contributed by atoms with van der Waals surface area (Å²) in [5.41, 5.74) is 2.23. The van der Waals surface area contributed by atoms with Crippen molar-refractivity contribution >= 4 is 28.7 Å². The van der Waals surface area contributed by atoms with Crippen LogP contribution in [0, 0.1) is 16.0 Å². The van der Waals surface area contributed by atoms with E-state index in [1.807, 2.05) is 24.3 Å². The Kier molecular flexibility index (Phi) is 7.24. The van der Waals surface area contributed by atoms with E-state index in [1.54, 1.807) is 19.2 Å². The summed E-state index contributed by atoms with van der Waals surface area (Å²) in [6.07, 6.45) is 2.38. The van der Waals surface area contributed by atoms with Gasteiger partial charge in [-0.3, -0.25) is 14.9 Å². The molecule has 8 heteroatoms. The van der Waals surface area contributed by atoms with Gasteiger partial charge in [-0.1, -0.05) is 6.92 Å². The molecule has 1 aliphatic rings. The molecule has 0 saturated carbocycles. The van der Waals surface area contributed by atoms with Gasteiger partial charge in [-0.25, -0.2) is 0 Å². The second kappa shape index (κ2) is 10.1. The molecule has 0 aromatic heterocycles. The Morgan fingerprint density at radius 3 is 2.53 bits per heavy atom. The number of rotatable bonds is 8. The first-order chi connectivity index (χ1) is 14.5. The Balaban J connectivity index is 1.66. The molecule has 0 atom stereocenters. The van der Waals surface area contributed by atoms with E-state index in [9.17, 15) is 14.9 Å². The van der Waals surface area contributed by atoms with Crippen molar-refractivity contribution in [2.75, 3.05) is 48.9 Å². The molecule has 1 aliphatic heterocycles. The van der Waals surface area contributed by atoms with Gasteiger partial charge in [-0.05, 0) is 55.2 Å². The lowest BCUT2D eigenvalue weighted by Gasteiger charge is -2.32. The molecule has 0 aliphatic carbocycles. The summed E-state index contributed by atoms with van der Waals surface area (Å²) in [5.74, 6) is 0.381. The van der Waals surface area contributed by atoms with Crippen molar-refractivity contribution in [2.24, 2.45) is 5.92 Å². The van der Waals surface area contributed by atoms with Crippen LogP contribution in [-0.4, -0.2) is 44.2 Å². The number of nitrogens with zero attached hydrogens (tertiary/aromatic N) is 2. The van der Waals surface area contributed by atoms with Crippen LogP contribution < -0.4 is 15.5 Å². The Bertz CT molecular complexity index is 877. The number of methoxy groups -OCH3 is 1. The van der Waals surface area contributed by atoms with E-state index in [4.69, 9.17) is 4.74 Å². The number of carbonyl (C=O) groups excluding carboxylic acids is 1. The molecule has 1 heterocycles. The van der Waals surface area contributed by atoms with Gasteiger partial charge in [0.25, 0.3) is 11.6 Å². The highest BCUT2D eigenvalue weighted by atomic mass is 16.6. The summed E-state index contributed by atoms with van der Waals surface area (Å²) in [6.45, 7) is 5.22. The van der Waals surface area contributed by atoms with Crippen LogP contribution in [0.2, 0.25) is 0 Å². The zero-order chi connectivity index (χ0) is 21.5. The normalized spacial score (nSPS) is 14.4. The first kappa shape index (κ1) is 21.6. The van der Waals surface area contributed by atoms with E-state index in [-0.39, 0.29) is 17.2 Å². The average Bonchev–Trinajstić information content (AvgIpc) is 2.75. The molecule has 0 radical (unpaired) electrons. The molecule has 1 saturated heterocycles. The fourth-order valence-corrected chi connectivity index (χ4v) is 3.49. The summed E-state index contributed by atoms with van der Waals surface area (Å²) < 4.78 is 4.94. The van der Waals surface area contributed by atoms with Crippen LogP contribution in [0.4, 0.5) is 22.7 Å². The minimum Gasteiger partial charge on any atom is -0.383 e. The minimum absolute atomic E-state index is 0.145. The van der Waals surface area contributed by atoms with Crippen molar-refractivity contribution in [3.05, 3.63) is 58.1 Å². The number of amides is 1. The molecule has 2 aromatic rings. The highest BCUT2D eigenvalue weighted by molar-refractivity contribution is 6.05. The number of ether oxygens (including phenoxy) is 1. The van der Waals surface area contributed by atoms with Crippen molar-refractivity contribution in [3.63, 3.8) is 0 Å². The van der Waals surface area contributed by atoms with Gasteiger partial charge in [0.05, 0.1) is 11.5 Å². The van der Waals surface area contributed by atoms with Crippen LogP contribution in [0.25, 0.3) is 0 Å². The summed E-state index contributed by atoms with van der Waals surface area (Å²) in [5, 5.41) is 17.2. The maximum atomic E-state index is 12.6. The van der Waals surface area contributed by atoms with Gasteiger partial charge in [-0.2, -0.15) is 0 Å². The second-order valence-corrected chi connectivity index (χ2v) is 7.58. The Hall–Kier alpha value is -3.13. The molecule has 0 bridgehead atoms. The van der Waals surface area contributed by atoms with Crippen molar-refractivity contribution in [1.29, 1.82) is 0 Å². The molecular formula is C22H28N4O4. The lowest BCUT2D eigenvalue weighted by atomic mass is 9.99. The molecule has 2 aromatic carbocycles. The van der Waals surface area contributed by atoms with Crippen LogP contribution in [-0.2, 0) is 4.74 Å². The summed E-state index contributed by atoms with van der Waals surface area (Å²) in [7, 11) is 1.56. The van der Waals surface area contributed by atoms with E-state index < -0.39 is 4.92 Å². The maximum absolute atomic E-state index is 12.6. The molecular weight excluding hydrogens is 384 g/mol. The van der Waals surface area contributed by atoms with Gasteiger partial charge in [0.2, 0.25) is 0 Å². The Morgan fingerprint density at radius 1 is 1.20 bits per heavy atom. The number of hydrogen-bond acceptors (Lipinski definition) is 6. The standard InChI is InChI=1S/C22H28N4O4/c1-16-9-12-25(13-10-16)19-6-4-18(5-7-19)24-22(27)17-3-8-20(23-11-14-30-2)21(15-17)26(28)29/h3-8,15-16,23H,9-14H2,1-2H3,(H,24,27). The zero-order valence-corrected chi connectivity index (χ0v) is 17.4. The molecule has 0 unspecified atom stereocenters. The third kappa shape index (κ3) is 5.48. The van der Waals surface area contributed by atoms with Crippen molar-refractivity contribution < 1.29 is 14.5 Å². The number of piperidine rings is 1. The van der Waals surface area contributed by atoms with Gasteiger partial charge in [-0.15, -0.1) is 0 Å². The Morgan fingerprint density at radius 2 is 1.90 bits per heavy atom. The molecule has 3 rings (SSSR count). The monoisotopic (exact) mass is 412 g/mol. The SMILES string of the molecule is COCCNc1ccc(C(=O)Nc2ccc(N3CCC(C)CC3)cc2)cc1[N+](=O)[O-]. The number of benzene rings is 2. The van der Waals surface area contributed by atoms with Gasteiger partial charge in [0, 0.05) is 49.7 Å². The van der Waals surface area contributed by atoms with Crippen LogP contribution in [0.1, 0.15) is 30.1 Å². The van der Waals surface area contributed by atoms with E-state index in [2.05, 4.69) is 22.5 Å². The minimum atomic E-state index is -0.500. The maximum Gasteiger partial charge on any atom is 0.293 e. The predicted octanol–water partition coefficient (Wildman–Crippen LogP) is 4.14. The van der Waals surface area contributed by atoms with E-state index >= 15 is 0 Å². The first-order valence-electron chi connectivity index (χ1n) is 10.2. The Labute approximate surface area is 176 Å². The fourth-order valence-electron chi connectivity index (χ4n) is 3.49. The quantitative estimate of drug-likeness (QED) is 0.384. The van der Waals surface area contributed by atoms with Crippen molar-refractivity contribution in [3.8, 4) is 0 Å². The summed E-state index contributed by atoms with van der Waals surface area (Å²) >= 11 is 0. The largest absolute Gasteiger partial charge is 0.383 e. The fraction of sp³-hybridized carbons (Fsp3) is 0.409. The lowest BCUT2D eigenvalue weighted by molar-refractivity contribution is -0.384. The molecule has 1 fully saturated rings. The van der Waals surface area contributed by atoms with Crippen LogP contribution >= 0.6 is 0 Å². The highest BCUT2D eigenvalue weighted by Crippen LogP contribution is 2.27. The summed E-state index contributed by atoms with van der Waals surface area (Å²) in [4.78, 5) is 25.8. The molecule has 1 amide bonds. The predicted molar refractivity (Wildman–Crippen MR) is 118 cm³/mol. The van der Waals surface area contributed by atoms with E-state index in [1.165, 1.54) is 18.9 Å². The molecule has 2 N–H and O–H groups in total. The third-order valence-corrected chi connectivity index (χ3v) is 5.35. The molecule has 8 nitrogen and oxygen atoms in total. The van der Waals surface area contributed by atoms with E-state index in [0.717, 1.165) is 24.7 Å². The number of nitrogens with one attached hydrogen (secondary N) is 2. The van der Waals surface area contributed by atoms with Gasteiger partial charge >= 0.3 is 0 Å². The number of anilines is 3. The number of carbonyl (C=O) groups is 1. The van der Waals surface area contributed by atoms with Crippen LogP contribution in [0.3, 0.4) is 0 Å². The number of nitro groups is 1. The second-order valence-electron chi connectivity index (χ2n) is 7.58. The number of hydrogen-bond donors (Lipinski definition) is 2. The zero-order valence-electron chi connectivity index (χ0n) is 17.4. The first-order valence-corrected chi connectivity index (χ1v) is 10.2. The van der Waals surface area contributed by atoms with Crippen LogP contribution in [0.5, 0.6) is 0 Å². The van der Waals surface area contributed by atoms with E-state index in [0.29, 0.717) is 24.5 Å². The molecule has 30 heavy (non-hydrogen) atoms. The molecule has 160 valence electrons. The molecule has 0 spiro atoms. The summed E-state index contributed by atoms with van der Waals surface area (Å²) in [6, 6.07) is 12.1. The third-order valence-electron chi connectivity index (χ3n) is 5.35. The lowest BCUT2D eigenvalue weighted by Crippen LogP contribution is -2.32. The van der Waals surface area contributed by atoms with Crippen molar-refractivity contribution in [1.82, 2.24) is 0 Å². The van der Waals surface area contributed by atoms with Crippen molar-refractivity contribution in [2.45, 2.75) is 19.8 Å². The van der Waals surface area contributed by atoms with Gasteiger partial charge in [0.15, 0.2) is 0 Å². The van der Waals surface area contributed by atoms with Crippen LogP contribution in [0.15, 0.2) is 42.5 Å². The average molecular weight is 412 g/mol. The number of nitro benzene ring substituents is 1. The highest BCUT2D eigenvalue weighted by Gasteiger charge is 2.18. The topological polar surface area (TPSA) is 96.7 Å². The van der Waals surface area contributed by atoms with Gasteiger partial charge < -0.3 is 20.3 Å². The van der Waals surface area contributed by atoms with Gasteiger partial charge in [0.1, 0.15) is 5.69 Å².